The van der Waals surface area contributed by atoms with Crippen LogP contribution in [0.25, 0.3) is 5.70 Å². The second-order valence-corrected chi connectivity index (χ2v) is 7.38. The van der Waals surface area contributed by atoms with Crippen molar-refractivity contribution >= 4 is 23.1 Å². The summed E-state index contributed by atoms with van der Waals surface area (Å²) in [6.45, 7) is 1.60. The molecular weight excluding hydrogens is 365 g/mol. The van der Waals surface area contributed by atoms with Crippen molar-refractivity contribution in [1.29, 1.82) is 0 Å². The summed E-state index contributed by atoms with van der Waals surface area (Å²) in [5.74, 6) is -0.123. The van der Waals surface area contributed by atoms with E-state index in [0.29, 0.717) is 11.5 Å². The lowest BCUT2D eigenvalue weighted by Crippen LogP contribution is -2.12. The molecule has 4 rings (SSSR count). The second kappa shape index (κ2) is 6.96. The third-order valence-electron chi connectivity index (χ3n) is 4.25. The van der Waals surface area contributed by atoms with E-state index in [9.17, 15) is 14.3 Å². The summed E-state index contributed by atoms with van der Waals surface area (Å²) in [5, 5.41) is 13.4. The van der Waals surface area contributed by atoms with Crippen LogP contribution in [0.2, 0.25) is 0 Å². The Bertz CT molecular complexity index is 1090. The van der Waals surface area contributed by atoms with Crippen molar-refractivity contribution in [2.45, 2.75) is 17.1 Å². The van der Waals surface area contributed by atoms with Crippen molar-refractivity contribution in [3.8, 4) is 5.75 Å². The Morgan fingerprint density at radius 1 is 1.15 bits per heavy atom. The molecule has 0 saturated heterocycles. The molecule has 0 bridgehead atoms. The Kier molecular flexibility index (Phi) is 4.49. The highest BCUT2D eigenvalue weighted by molar-refractivity contribution is 7.99. The molecule has 2 N–H and O–H groups in total. The van der Waals surface area contributed by atoms with Crippen molar-refractivity contribution in [2.24, 2.45) is 0 Å². The molecule has 2 aromatic carbocycles. The summed E-state index contributed by atoms with van der Waals surface area (Å²) in [5.41, 5.74) is 1.61. The highest BCUT2D eigenvalue weighted by atomic mass is 32.2. The molecule has 0 radical (unpaired) electrons. The molecule has 1 aromatic heterocycles. The number of fused-ring (bicyclic) bond motifs is 1. The highest BCUT2D eigenvalue weighted by Crippen LogP contribution is 2.45. The predicted molar refractivity (Wildman–Crippen MR) is 104 cm³/mol. The van der Waals surface area contributed by atoms with E-state index in [0.717, 1.165) is 16.1 Å². The maximum Gasteiger partial charge on any atom is 0.349 e. The summed E-state index contributed by atoms with van der Waals surface area (Å²) in [4.78, 5) is 13.4. The number of aromatic hydroxyl groups is 1. The van der Waals surface area contributed by atoms with Gasteiger partial charge in [-0.05, 0) is 42.8 Å². The number of aryl methyl sites for hydroxylation is 1. The molecule has 6 heteroatoms. The van der Waals surface area contributed by atoms with E-state index in [1.165, 1.54) is 18.2 Å². The summed E-state index contributed by atoms with van der Waals surface area (Å²) >= 11 is 1.57. The second-order valence-electron chi connectivity index (χ2n) is 6.20. The van der Waals surface area contributed by atoms with Crippen LogP contribution in [-0.2, 0) is 0 Å². The van der Waals surface area contributed by atoms with Gasteiger partial charge in [0.15, 0.2) is 0 Å². The Morgan fingerprint density at radius 3 is 2.63 bits per heavy atom. The minimum Gasteiger partial charge on any atom is -0.507 e. The largest absolute Gasteiger partial charge is 0.507 e. The lowest BCUT2D eigenvalue weighted by Gasteiger charge is -2.12. The van der Waals surface area contributed by atoms with Crippen molar-refractivity contribution < 1.29 is 13.9 Å². The van der Waals surface area contributed by atoms with Gasteiger partial charge in [0.2, 0.25) is 0 Å². The smallest absolute Gasteiger partial charge is 0.349 e. The molecule has 0 aliphatic carbocycles. The average Bonchev–Trinajstić information content (AvgIpc) is 2.81. The van der Waals surface area contributed by atoms with Gasteiger partial charge in [0.1, 0.15) is 22.9 Å². The predicted octanol–water partition coefficient (Wildman–Crippen LogP) is 5.09. The van der Waals surface area contributed by atoms with Crippen molar-refractivity contribution in [2.75, 3.05) is 5.32 Å². The first-order chi connectivity index (χ1) is 13.0. The van der Waals surface area contributed by atoms with Gasteiger partial charge in [0.05, 0.1) is 16.6 Å². The normalized spacial score (nSPS) is 16.1. The Hall–Kier alpha value is -2.99. The molecule has 3 aromatic rings. The number of hydrogen-bond donors (Lipinski definition) is 2. The number of anilines is 1. The molecule has 2 heterocycles. The fourth-order valence-corrected chi connectivity index (χ4v) is 4.16. The summed E-state index contributed by atoms with van der Waals surface area (Å²) in [6, 6.07) is 15.3. The highest BCUT2D eigenvalue weighted by Gasteiger charge is 2.23. The fraction of sp³-hybridized carbons (Fsp3) is 0.0952. The van der Waals surface area contributed by atoms with Gasteiger partial charge in [-0.3, -0.25) is 0 Å². The molecule has 1 aliphatic rings. The Morgan fingerprint density at radius 2 is 1.89 bits per heavy atom. The lowest BCUT2D eigenvalue weighted by atomic mass is 10.1. The van der Waals surface area contributed by atoms with Gasteiger partial charge in [0, 0.05) is 11.0 Å². The van der Waals surface area contributed by atoms with Gasteiger partial charge < -0.3 is 14.8 Å². The molecule has 0 fully saturated rings. The fourth-order valence-electron chi connectivity index (χ4n) is 2.99. The minimum atomic E-state index is -0.617. The first kappa shape index (κ1) is 17.4. The van der Waals surface area contributed by atoms with Gasteiger partial charge in [0.25, 0.3) is 0 Å². The maximum absolute atomic E-state index is 13.3. The lowest BCUT2D eigenvalue weighted by molar-refractivity contribution is 0.431. The van der Waals surface area contributed by atoms with Gasteiger partial charge in [-0.2, -0.15) is 0 Å². The summed E-state index contributed by atoms with van der Waals surface area (Å²) in [7, 11) is 0. The van der Waals surface area contributed by atoms with Gasteiger partial charge in [-0.25, -0.2) is 9.18 Å². The quantitative estimate of drug-likeness (QED) is 0.647. The van der Waals surface area contributed by atoms with E-state index in [1.54, 1.807) is 30.8 Å². The number of thioether (sulfide) groups is 1. The Balaban J connectivity index is 1.88. The maximum atomic E-state index is 13.3. The van der Waals surface area contributed by atoms with Gasteiger partial charge >= 0.3 is 5.63 Å². The van der Waals surface area contributed by atoms with Crippen LogP contribution in [0.15, 0.2) is 74.8 Å². The first-order valence-electron chi connectivity index (χ1n) is 8.35. The SMILES string of the molecule is Cc1cc(O)c(C2=C[C@@H](c3ccc(F)cc3)Sc3ccccc3N2)c(=O)o1. The number of hydrogen-bond acceptors (Lipinski definition) is 5. The van der Waals surface area contributed by atoms with Crippen LogP contribution in [-0.4, -0.2) is 5.11 Å². The molecule has 1 aliphatic heterocycles. The van der Waals surface area contributed by atoms with E-state index >= 15 is 0 Å². The Labute approximate surface area is 159 Å². The van der Waals surface area contributed by atoms with Crippen molar-refractivity contribution in [3.05, 3.63) is 93.8 Å². The zero-order valence-corrected chi connectivity index (χ0v) is 15.2. The third kappa shape index (κ3) is 3.48. The van der Waals surface area contributed by atoms with Crippen molar-refractivity contribution in [3.63, 3.8) is 0 Å². The molecule has 136 valence electrons. The van der Waals surface area contributed by atoms with Gasteiger partial charge in [-0.1, -0.05) is 24.3 Å². The van der Waals surface area contributed by atoms with Crippen LogP contribution in [0.1, 0.15) is 22.1 Å². The third-order valence-corrected chi connectivity index (χ3v) is 5.52. The molecule has 0 amide bonds. The van der Waals surface area contributed by atoms with Crippen LogP contribution >= 0.6 is 11.8 Å². The van der Waals surface area contributed by atoms with Crippen LogP contribution < -0.4 is 10.9 Å². The number of para-hydroxylation sites is 1. The van der Waals surface area contributed by atoms with E-state index in [1.807, 2.05) is 30.3 Å². The average molecular weight is 381 g/mol. The van der Waals surface area contributed by atoms with Crippen LogP contribution in [0.3, 0.4) is 0 Å². The standard InChI is InChI=1S/C21H16FNO3S/c1-12-10-17(24)20(21(25)26-12)16-11-19(13-6-8-14(22)9-7-13)27-18-5-3-2-4-15(18)23-16/h2-11,19,23-24H,1H3/t19-/m0/s1. The molecule has 0 saturated carbocycles. The molecule has 0 spiro atoms. The van der Waals surface area contributed by atoms with E-state index < -0.39 is 5.63 Å². The van der Waals surface area contributed by atoms with Crippen LogP contribution in [0.4, 0.5) is 10.1 Å². The van der Waals surface area contributed by atoms with E-state index in [-0.39, 0.29) is 22.4 Å². The monoisotopic (exact) mass is 381 g/mol. The number of benzene rings is 2. The van der Waals surface area contributed by atoms with Crippen LogP contribution in [0, 0.1) is 12.7 Å². The summed E-state index contributed by atoms with van der Waals surface area (Å²) in [6.07, 6.45) is 1.85. The van der Waals surface area contributed by atoms with E-state index in [2.05, 4.69) is 5.32 Å². The first-order valence-corrected chi connectivity index (χ1v) is 9.23. The van der Waals surface area contributed by atoms with E-state index in [4.69, 9.17) is 4.42 Å². The molecule has 1 atom stereocenters. The molecule has 4 nitrogen and oxygen atoms in total. The van der Waals surface area contributed by atoms with Crippen LogP contribution in [0.5, 0.6) is 5.75 Å². The molecular formula is C21H16FNO3S. The van der Waals surface area contributed by atoms with Crippen molar-refractivity contribution in [1.82, 2.24) is 0 Å². The zero-order valence-electron chi connectivity index (χ0n) is 14.4. The molecule has 27 heavy (non-hydrogen) atoms. The van der Waals surface area contributed by atoms with Gasteiger partial charge in [-0.15, -0.1) is 11.8 Å². The minimum absolute atomic E-state index is 0.0741. The zero-order chi connectivity index (χ0) is 19.0. The number of halogens is 1. The summed E-state index contributed by atoms with van der Waals surface area (Å²) < 4.78 is 18.5. The topological polar surface area (TPSA) is 62.5 Å². The number of nitrogens with one attached hydrogen (secondary N) is 1. The molecule has 0 unspecified atom stereocenters. The number of rotatable bonds is 2.